The fourth-order valence-corrected chi connectivity index (χ4v) is 14.1. The van der Waals surface area contributed by atoms with Crippen molar-refractivity contribution in [2.45, 2.75) is 182 Å². The first kappa shape index (κ1) is 48.0. The molecule has 5 heteroatoms. The van der Waals surface area contributed by atoms with Crippen LogP contribution >= 0.6 is 0 Å². The highest BCUT2D eigenvalue weighted by atomic mass is 28.3. The predicted molar refractivity (Wildman–Crippen MR) is 311 cm³/mol. The first-order valence-electron chi connectivity index (χ1n) is 26.9. The first-order chi connectivity index (χ1) is 33.0. The van der Waals surface area contributed by atoms with Crippen molar-refractivity contribution in [1.29, 1.82) is 0 Å². The van der Waals surface area contributed by atoms with Gasteiger partial charge in [-0.05, 0) is 175 Å². The van der Waals surface area contributed by atoms with Crippen molar-refractivity contribution in [3.63, 3.8) is 0 Å². The van der Waals surface area contributed by atoms with Crippen molar-refractivity contribution in [3.05, 3.63) is 142 Å². The second kappa shape index (κ2) is 15.4. The summed E-state index contributed by atoms with van der Waals surface area (Å²) in [6, 6.07) is 41.7. The van der Waals surface area contributed by atoms with Gasteiger partial charge in [-0.3, -0.25) is 0 Å². The Kier molecular flexibility index (Phi) is 10.4. The molecular weight excluding hydrogens is 876 g/mol. The number of aryl methyl sites for hydroxylation is 1. The maximum Gasteiger partial charge on any atom is 0.297 e. The third-order valence-corrected chi connectivity index (χ3v) is 20.0. The zero-order chi connectivity index (χ0) is 50.9. The second-order valence-electron chi connectivity index (χ2n) is 28.1. The van der Waals surface area contributed by atoms with Crippen LogP contribution in [0.2, 0.25) is 19.6 Å². The van der Waals surface area contributed by atoms with Gasteiger partial charge in [0.1, 0.15) is 5.58 Å². The number of hydrogen-bond acceptors (Lipinski definition) is 3. The zero-order valence-electron chi connectivity index (χ0n) is 46.5. The van der Waals surface area contributed by atoms with Crippen molar-refractivity contribution < 1.29 is 4.42 Å². The van der Waals surface area contributed by atoms with E-state index in [1.165, 1.54) is 112 Å². The van der Waals surface area contributed by atoms with E-state index >= 15 is 0 Å². The molecule has 0 amide bonds. The van der Waals surface area contributed by atoms with Crippen LogP contribution in [0.25, 0.3) is 22.1 Å². The molecule has 1 aromatic heterocycles. The predicted octanol–water partition coefficient (Wildman–Crippen LogP) is 16.3. The molecule has 366 valence electrons. The van der Waals surface area contributed by atoms with E-state index in [-0.39, 0.29) is 39.2 Å². The topological polar surface area (TPSA) is 19.6 Å². The van der Waals surface area contributed by atoms with Crippen molar-refractivity contribution in [3.8, 4) is 11.1 Å². The molecule has 7 aromatic rings. The molecule has 2 aliphatic carbocycles. The molecule has 2 aliphatic heterocycles. The van der Waals surface area contributed by atoms with Crippen LogP contribution in [0.3, 0.4) is 0 Å². The van der Waals surface area contributed by atoms with Gasteiger partial charge in [0.05, 0.1) is 25.1 Å². The summed E-state index contributed by atoms with van der Waals surface area (Å²) >= 11 is 0. The second-order valence-corrected chi connectivity index (χ2v) is 33.2. The number of nitrogens with zero attached hydrogens (tertiary/aromatic N) is 2. The summed E-state index contributed by atoms with van der Waals surface area (Å²) in [5, 5.41) is 2.69. The van der Waals surface area contributed by atoms with E-state index in [0.29, 0.717) is 0 Å². The van der Waals surface area contributed by atoms with Gasteiger partial charge in [-0.1, -0.05) is 170 Å². The maximum atomic E-state index is 7.69. The Morgan fingerprint density at radius 3 is 1.62 bits per heavy atom. The lowest BCUT2D eigenvalue weighted by Crippen LogP contribution is -2.61. The highest BCUT2D eigenvalue weighted by Crippen LogP contribution is 2.54. The Labute approximate surface area is 428 Å². The standard InChI is InChI=1S/C66H79BN2OSi/c1-40-33-55-58-56(34-40)69(53-27-21-42(61(2,3)4)35-46(53)41-19-24-45(25-20-41)71(16,17)18)54-28-22-43(62(5,6)7)36-52(54)67(58)60-59(47-38-50-51(39-57(47)70-60)66(14,15)32-31-65(50,12)13)68(55)44-23-26-48-49(37-44)64(10,11)30-29-63(48,8)9/h19-28,33-39H,29-32H2,1-18H3. The normalized spacial score (nSPS) is 18.4. The largest absolute Gasteiger partial charge is 0.468 e. The Morgan fingerprint density at radius 2 is 1.04 bits per heavy atom. The van der Waals surface area contributed by atoms with Crippen LogP contribution in [0, 0.1) is 6.92 Å². The molecule has 3 nitrogen and oxygen atoms in total. The summed E-state index contributed by atoms with van der Waals surface area (Å²) in [6.07, 6.45) is 4.66. The molecule has 0 fully saturated rings. The Morgan fingerprint density at radius 1 is 0.521 bits per heavy atom. The van der Waals surface area contributed by atoms with E-state index in [1.807, 2.05) is 0 Å². The lowest BCUT2D eigenvalue weighted by molar-refractivity contribution is 0.332. The van der Waals surface area contributed by atoms with E-state index in [9.17, 15) is 0 Å². The van der Waals surface area contributed by atoms with E-state index in [0.717, 1.165) is 30.5 Å². The summed E-state index contributed by atoms with van der Waals surface area (Å²) < 4.78 is 7.69. The fourth-order valence-electron chi connectivity index (χ4n) is 13.0. The van der Waals surface area contributed by atoms with Gasteiger partial charge in [-0.2, -0.15) is 0 Å². The average molecular weight is 955 g/mol. The molecule has 0 N–H and O–H groups in total. The number of hydrogen-bond donors (Lipinski definition) is 0. The molecule has 3 heterocycles. The summed E-state index contributed by atoms with van der Waals surface area (Å²) in [5.74, 6) is 0. The number of furan rings is 1. The van der Waals surface area contributed by atoms with Crippen LogP contribution in [0.5, 0.6) is 0 Å². The molecule has 11 rings (SSSR count). The monoisotopic (exact) mass is 955 g/mol. The Bertz CT molecular complexity index is 3340. The molecule has 0 spiro atoms. The number of rotatable bonds is 4. The zero-order valence-corrected chi connectivity index (χ0v) is 47.5. The third-order valence-electron chi connectivity index (χ3n) is 17.9. The molecule has 0 radical (unpaired) electrons. The van der Waals surface area contributed by atoms with Crippen LogP contribution < -0.4 is 31.6 Å². The van der Waals surface area contributed by atoms with Gasteiger partial charge in [0, 0.05) is 33.7 Å². The van der Waals surface area contributed by atoms with E-state index in [2.05, 4.69) is 236 Å². The number of fused-ring (bicyclic) bond motifs is 8. The molecule has 6 aromatic carbocycles. The SMILES string of the molecule is Cc1cc2c3c(c1)N(c1ccc4c(c1)C(C)(C)CCC4(C)C)c1c(oc4cc5c(cc14)C(C)(C)CCC5(C)C)B3c1cc(C(C)(C)C)ccc1N2c1ccc(C(C)(C)C)cc1-c1ccc([Si](C)(C)C)cc1. The Balaban J connectivity index is 1.26. The van der Waals surface area contributed by atoms with Crippen LogP contribution in [0.4, 0.5) is 34.1 Å². The number of benzene rings is 6. The van der Waals surface area contributed by atoms with Gasteiger partial charge in [0.2, 0.25) is 0 Å². The molecule has 0 bridgehead atoms. The first-order valence-corrected chi connectivity index (χ1v) is 30.4. The van der Waals surface area contributed by atoms with Gasteiger partial charge < -0.3 is 14.2 Å². The van der Waals surface area contributed by atoms with E-state index in [4.69, 9.17) is 4.42 Å². The summed E-state index contributed by atoms with van der Waals surface area (Å²) in [6.45, 7) is 43.2. The third kappa shape index (κ3) is 7.55. The van der Waals surface area contributed by atoms with Crippen LogP contribution in [-0.4, -0.2) is 14.8 Å². The van der Waals surface area contributed by atoms with Gasteiger partial charge in [-0.25, -0.2) is 0 Å². The van der Waals surface area contributed by atoms with Gasteiger partial charge in [0.25, 0.3) is 6.71 Å². The van der Waals surface area contributed by atoms with E-state index in [1.54, 1.807) is 0 Å². The highest BCUT2D eigenvalue weighted by Gasteiger charge is 2.49. The van der Waals surface area contributed by atoms with E-state index < -0.39 is 8.07 Å². The Hall–Kier alpha value is -5.26. The minimum atomic E-state index is -1.52. The smallest absolute Gasteiger partial charge is 0.297 e. The lowest BCUT2D eigenvalue weighted by Gasteiger charge is -2.45. The summed E-state index contributed by atoms with van der Waals surface area (Å²) in [5.41, 5.74) is 24.3. The van der Waals surface area contributed by atoms with Crippen molar-refractivity contribution >= 4 is 81.7 Å². The molecule has 0 saturated heterocycles. The van der Waals surface area contributed by atoms with Gasteiger partial charge in [0.15, 0.2) is 0 Å². The van der Waals surface area contributed by atoms with Crippen LogP contribution in [0.1, 0.15) is 162 Å². The molecule has 0 saturated carbocycles. The van der Waals surface area contributed by atoms with Crippen LogP contribution in [0.15, 0.2) is 108 Å². The van der Waals surface area contributed by atoms with Gasteiger partial charge >= 0.3 is 0 Å². The fraction of sp³-hybridized carbons (Fsp3) is 0.424. The molecule has 71 heavy (non-hydrogen) atoms. The van der Waals surface area contributed by atoms with Gasteiger partial charge in [-0.15, -0.1) is 0 Å². The molecule has 4 aliphatic rings. The quantitative estimate of drug-likeness (QED) is 0.164. The molecule has 0 atom stereocenters. The molecule has 0 unspecified atom stereocenters. The van der Waals surface area contributed by atoms with Crippen LogP contribution in [-0.2, 0) is 32.5 Å². The summed E-state index contributed by atoms with van der Waals surface area (Å²) in [4.78, 5) is 5.27. The minimum absolute atomic E-state index is 0.0267. The maximum absolute atomic E-state index is 7.69. The van der Waals surface area contributed by atoms with Crippen molar-refractivity contribution in [1.82, 2.24) is 0 Å². The van der Waals surface area contributed by atoms with Crippen molar-refractivity contribution in [2.24, 2.45) is 0 Å². The summed E-state index contributed by atoms with van der Waals surface area (Å²) in [7, 11) is -1.52. The average Bonchev–Trinajstić information content (AvgIpc) is 3.66. The number of anilines is 6. The minimum Gasteiger partial charge on any atom is -0.468 e. The highest BCUT2D eigenvalue weighted by molar-refractivity contribution is 7.00. The lowest BCUT2D eigenvalue weighted by atomic mass is 9.35. The van der Waals surface area contributed by atoms with Crippen molar-refractivity contribution in [2.75, 3.05) is 9.80 Å². The molecular formula is C66H79BN2OSi.